The molecule has 0 bridgehead atoms. The van der Waals surface area contributed by atoms with E-state index in [4.69, 9.17) is 10.6 Å². The summed E-state index contributed by atoms with van der Waals surface area (Å²) >= 11 is 0. The van der Waals surface area contributed by atoms with Crippen LogP contribution in [0, 0.1) is 0 Å². The highest BCUT2D eigenvalue weighted by molar-refractivity contribution is 5.38. The number of hydrazine groups is 1. The number of hydrogen-bond acceptors (Lipinski definition) is 8. The normalized spacial score (nSPS) is 20.4. The van der Waals surface area contributed by atoms with E-state index in [1.54, 1.807) is 0 Å². The van der Waals surface area contributed by atoms with Gasteiger partial charge < -0.3 is 9.64 Å². The zero-order valence-corrected chi connectivity index (χ0v) is 11.0. The molecule has 2 heterocycles. The van der Waals surface area contributed by atoms with Gasteiger partial charge in [-0.15, -0.1) is 0 Å². The van der Waals surface area contributed by atoms with Crippen LogP contribution in [0.25, 0.3) is 0 Å². The highest BCUT2D eigenvalue weighted by Gasteiger charge is 2.31. The van der Waals surface area contributed by atoms with Gasteiger partial charge in [0.15, 0.2) is 0 Å². The van der Waals surface area contributed by atoms with Gasteiger partial charge in [0.25, 0.3) is 0 Å². The summed E-state index contributed by atoms with van der Waals surface area (Å²) in [5.74, 6) is 6.30. The molecule has 1 aromatic heterocycles. The molecule has 8 heteroatoms. The van der Waals surface area contributed by atoms with E-state index in [2.05, 4.69) is 30.2 Å². The van der Waals surface area contributed by atoms with Crippen molar-refractivity contribution in [1.29, 1.82) is 0 Å². The maximum absolute atomic E-state index is 5.36. The lowest BCUT2D eigenvalue weighted by atomic mass is 10.3. The number of nitrogens with one attached hydrogen (secondary N) is 1. The third-order valence-electron chi connectivity index (χ3n) is 3.58. The molecule has 1 aliphatic carbocycles. The molecule has 0 amide bonds. The Kier molecular flexibility index (Phi) is 3.34. The van der Waals surface area contributed by atoms with Crippen molar-refractivity contribution in [2.45, 2.75) is 18.9 Å². The first kappa shape index (κ1) is 12.4. The molecular formula is C11H19N7O. The van der Waals surface area contributed by atoms with Gasteiger partial charge >= 0.3 is 6.01 Å². The smallest absolute Gasteiger partial charge is 0.322 e. The molecular weight excluding hydrogens is 246 g/mol. The molecule has 0 aromatic carbocycles. The number of nitrogens with zero attached hydrogens (tertiary/aromatic N) is 5. The van der Waals surface area contributed by atoms with Gasteiger partial charge in [-0.25, -0.2) is 5.84 Å². The van der Waals surface area contributed by atoms with Gasteiger partial charge in [-0.05, 0) is 12.8 Å². The summed E-state index contributed by atoms with van der Waals surface area (Å²) in [5.41, 5.74) is 2.44. The number of nitrogen functional groups attached to an aromatic ring is 1. The Morgan fingerprint density at radius 2 is 1.89 bits per heavy atom. The topological polar surface area (TPSA) is 92.4 Å². The Bertz CT molecular complexity index is 420. The van der Waals surface area contributed by atoms with E-state index in [-0.39, 0.29) is 6.01 Å². The molecule has 2 aliphatic rings. The summed E-state index contributed by atoms with van der Waals surface area (Å²) in [5, 5.41) is 0. The third-order valence-corrected chi connectivity index (χ3v) is 3.58. The minimum absolute atomic E-state index is 0.280. The number of anilines is 2. The number of rotatable bonds is 4. The second kappa shape index (κ2) is 5.14. The first-order valence-electron chi connectivity index (χ1n) is 6.56. The highest BCUT2D eigenvalue weighted by Crippen LogP contribution is 2.28. The molecule has 1 aromatic rings. The van der Waals surface area contributed by atoms with Crippen LogP contribution >= 0.6 is 0 Å². The lowest BCUT2D eigenvalue weighted by Crippen LogP contribution is -2.47. The Morgan fingerprint density at radius 1 is 1.16 bits per heavy atom. The minimum atomic E-state index is 0.280. The maximum atomic E-state index is 5.36. The van der Waals surface area contributed by atoms with Crippen LogP contribution in [0.2, 0.25) is 0 Å². The Labute approximate surface area is 111 Å². The van der Waals surface area contributed by atoms with Crippen LogP contribution in [0.15, 0.2) is 0 Å². The van der Waals surface area contributed by atoms with Crippen LogP contribution in [0.5, 0.6) is 6.01 Å². The second-order valence-electron chi connectivity index (χ2n) is 4.84. The maximum Gasteiger partial charge on any atom is 0.322 e. The zero-order valence-electron chi connectivity index (χ0n) is 11.0. The van der Waals surface area contributed by atoms with E-state index in [0.717, 1.165) is 32.2 Å². The monoisotopic (exact) mass is 265 g/mol. The van der Waals surface area contributed by atoms with Gasteiger partial charge in [0.05, 0.1) is 7.11 Å². The standard InChI is InChI=1S/C11H19N7O/c1-19-11-14-9(16-12)13-10(15-11)18-6-4-17(5-7-18)8-2-3-8/h8H,2-7,12H2,1H3,(H,13,14,15,16). The Balaban J connectivity index is 1.71. The van der Waals surface area contributed by atoms with E-state index < -0.39 is 0 Å². The van der Waals surface area contributed by atoms with E-state index in [0.29, 0.717) is 11.9 Å². The first-order valence-corrected chi connectivity index (χ1v) is 6.56. The molecule has 8 nitrogen and oxygen atoms in total. The fraction of sp³-hybridized carbons (Fsp3) is 0.727. The van der Waals surface area contributed by atoms with E-state index in [1.807, 2.05) is 0 Å². The highest BCUT2D eigenvalue weighted by atomic mass is 16.5. The lowest BCUT2D eigenvalue weighted by molar-refractivity contribution is 0.246. The molecule has 19 heavy (non-hydrogen) atoms. The van der Waals surface area contributed by atoms with Crippen molar-refractivity contribution >= 4 is 11.9 Å². The summed E-state index contributed by atoms with van der Waals surface area (Å²) in [7, 11) is 1.53. The molecule has 104 valence electrons. The number of methoxy groups -OCH3 is 1. The summed E-state index contributed by atoms with van der Waals surface area (Å²) < 4.78 is 5.06. The molecule has 1 aliphatic heterocycles. The van der Waals surface area contributed by atoms with Gasteiger partial charge in [0.2, 0.25) is 11.9 Å². The van der Waals surface area contributed by atoms with E-state index >= 15 is 0 Å². The molecule has 3 rings (SSSR count). The molecule has 2 fully saturated rings. The van der Waals surface area contributed by atoms with Crippen LogP contribution in [0.4, 0.5) is 11.9 Å². The largest absolute Gasteiger partial charge is 0.467 e. The average molecular weight is 265 g/mol. The summed E-state index contributed by atoms with van der Waals surface area (Å²) in [6.45, 7) is 3.97. The van der Waals surface area contributed by atoms with Crippen LogP contribution in [0.3, 0.4) is 0 Å². The molecule has 1 saturated heterocycles. The van der Waals surface area contributed by atoms with Crippen LogP contribution in [-0.4, -0.2) is 59.2 Å². The van der Waals surface area contributed by atoms with Crippen molar-refractivity contribution in [2.24, 2.45) is 5.84 Å². The van der Waals surface area contributed by atoms with Gasteiger partial charge in [-0.3, -0.25) is 10.3 Å². The van der Waals surface area contributed by atoms with Crippen LogP contribution < -0.4 is 20.9 Å². The lowest BCUT2D eigenvalue weighted by Gasteiger charge is -2.34. The van der Waals surface area contributed by atoms with Crippen molar-refractivity contribution in [2.75, 3.05) is 43.6 Å². The number of ether oxygens (including phenoxy) is 1. The van der Waals surface area contributed by atoms with Crippen LogP contribution in [-0.2, 0) is 0 Å². The number of hydrogen-bond donors (Lipinski definition) is 2. The fourth-order valence-corrected chi connectivity index (χ4v) is 2.37. The zero-order chi connectivity index (χ0) is 13.2. The molecule has 3 N–H and O–H groups in total. The van der Waals surface area contributed by atoms with E-state index in [1.165, 1.54) is 20.0 Å². The number of nitrogens with two attached hydrogens (primary N) is 1. The van der Waals surface area contributed by atoms with Crippen molar-refractivity contribution < 1.29 is 4.74 Å². The minimum Gasteiger partial charge on any atom is -0.467 e. The Morgan fingerprint density at radius 3 is 2.47 bits per heavy atom. The summed E-state index contributed by atoms with van der Waals surface area (Å²) in [4.78, 5) is 17.2. The summed E-state index contributed by atoms with van der Waals surface area (Å²) in [6, 6.07) is 1.10. The molecule has 0 unspecified atom stereocenters. The number of aromatic nitrogens is 3. The predicted octanol–water partition coefficient (Wildman–Crippen LogP) is -0.550. The fourth-order valence-electron chi connectivity index (χ4n) is 2.37. The number of piperazine rings is 1. The quantitative estimate of drug-likeness (QED) is 0.553. The Hall–Kier alpha value is -1.67. The van der Waals surface area contributed by atoms with Gasteiger partial charge in [0.1, 0.15) is 0 Å². The third kappa shape index (κ3) is 2.69. The van der Waals surface area contributed by atoms with Crippen molar-refractivity contribution in [3.63, 3.8) is 0 Å². The first-order chi connectivity index (χ1) is 9.30. The molecule has 0 atom stereocenters. The van der Waals surface area contributed by atoms with E-state index in [9.17, 15) is 0 Å². The van der Waals surface area contributed by atoms with Gasteiger partial charge in [-0.2, -0.15) is 15.0 Å². The average Bonchev–Trinajstić information content (AvgIpc) is 3.31. The predicted molar refractivity (Wildman–Crippen MR) is 71.0 cm³/mol. The van der Waals surface area contributed by atoms with Crippen LogP contribution in [0.1, 0.15) is 12.8 Å². The van der Waals surface area contributed by atoms with Gasteiger partial charge in [-0.1, -0.05) is 0 Å². The SMILES string of the molecule is COc1nc(NN)nc(N2CCN(C3CC3)CC2)n1. The van der Waals surface area contributed by atoms with Gasteiger partial charge in [0, 0.05) is 32.2 Å². The molecule has 0 radical (unpaired) electrons. The van der Waals surface area contributed by atoms with Crippen molar-refractivity contribution in [1.82, 2.24) is 19.9 Å². The molecule has 0 spiro atoms. The van der Waals surface area contributed by atoms with Crippen molar-refractivity contribution in [3.05, 3.63) is 0 Å². The van der Waals surface area contributed by atoms with Crippen molar-refractivity contribution in [3.8, 4) is 6.01 Å². The molecule has 1 saturated carbocycles. The second-order valence-corrected chi connectivity index (χ2v) is 4.84. The summed E-state index contributed by atoms with van der Waals surface area (Å²) in [6.07, 6.45) is 2.70.